The molecular weight excluding hydrogens is 695 g/mol. The molecule has 1 saturated carbocycles. The van der Waals surface area contributed by atoms with Crippen molar-refractivity contribution in [3.8, 4) is 11.5 Å². The van der Waals surface area contributed by atoms with Crippen molar-refractivity contribution < 1.29 is 33.0 Å². The average Bonchev–Trinajstić information content (AvgIpc) is 3.13. The lowest BCUT2D eigenvalue weighted by Gasteiger charge is -2.26. The second-order valence-corrected chi connectivity index (χ2v) is 14.2. The largest absolute Gasteiger partial charge is 0.492 e. The minimum atomic E-state index is -1.59. The molecule has 12 nitrogen and oxygen atoms in total. The summed E-state index contributed by atoms with van der Waals surface area (Å²) in [4.78, 5) is 35.7. The zero-order chi connectivity index (χ0) is 37.8. The number of nitrogens with one attached hydrogen (secondary N) is 1. The van der Waals surface area contributed by atoms with E-state index in [1.54, 1.807) is 37.3 Å². The van der Waals surface area contributed by atoms with Crippen molar-refractivity contribution in [3.05, 3.63) is 81.1 Å². The number of primary amides is 1. The van der Waals surface area contributed by atoms with Crippen LogP contribution in [-0.2, 0) is 20.5 Å². The van der Waals surface area contributed by atoms with Crippen molar-refractivity contribution in [2.45, 2.75) is 98.3 Å². The van der Waals surface area contributed by atoms with Crippen LogP contribution in [-0.4, -0.2) is 60.3 Å². The van der Waals surface area contributed by atoms with E-state index in [-0.39, 0.29) is 25.0 Å². The summed E-state index contributed by atoms with van der Waals surface area (Å²) < 4.78 is 25.6. The van der Waals surface area contributed by atoms with E-state index in [2.05, 4.69) is 5.32 Å². The predicted octanol–water partition coefficient (Wildman–Crippen LogP) is 8.31. The molecule has 1 aliphatic rings. The Morgan fingerprint density at radius 2 is 1.80 bits per heavy atom. The highest BCUT2D eigenvalue weighted by atomic mass is 35.5. The maximum Gasteiger partial charge on any atom is 0.350 e. The highest BCUT2D eigenvalue weighted by Crippen LogP contribution is 2.43. The fourth-order valence-corrected chi connectivity index (χ4v) is 6.72. The number of ether oxygens (including phenoxy) is 2. The van der Waals surface area contributed by atoms with Crippen LogP contribution in [0.5, 0.6) is 11.5 Å². The van der Waals surface area contributed by atoms with Crippen LogP contribution in [0.15, 0.2) is 54.3 Å². The van der Waals surface area contributed by atoms with E-state index < -0.39 is 25.6 Å². The molecule has 0 saturated heterocycles. The zero-order valence-electron chi connectivity index (χ0n) is 30.9. The van der Waals surface area contributed by atoms with Crippen molar-refractivity contribution in [3.63, 3.8) is 0 Å². The molecule has 0 spiro atoms. The van der Waals surface area contributed by atoms with Crippen molar-refractivity contribution >= 4 is 31.9 Å². The summed E-state index contributed by atoms with van der Waals surface area (Å²) in [6.07, 6.45) is 8.16. The summed E-state index contributed by atoms with van der Waals surface area (Å²) in [6, 6.07) is 12.1. The number of halogens is 1. The monoisotopic (exact) mass is 750 g/mol. The van der Waals surface area contributed by atoms with Crippen LogP contribution in [0.25, 0.3) is 0 Å². The number of hydrogen-bond donors (Lipinski definition) is 2. The van der Waals surface area contributed by atoms with Crippen LogP contribution in [0.3, 0.4) is 0 Å². The molecule has 2 amide bonds. The van der Waals surface area contributed by atoms with Gasteiger partial charge in [-0.1, -0.05) is 51.3 Å². The standard InChI is InChI=1S/C35H50ClN4O8P.C2H6/c1-5-30(47-26(3)40(43)44)24-46-49(39(4)20-10-9-19-36)48-31-16-13-27(14-17-31)21-34(41)38-25(2)29-15-18-33(32(22-29)35(37)42)45-23-28-11-7-6-8-12-28;1-2/h5,13-18,22,25-26,28H,6-12,19-21,23-24H2,1-4H3,(H2,37,42)(H,38,41);1-2H3/b30-5-;. The number of carbonyl (C=O) groups excluding carboxylic acids is 2. The number of amides is 2. The van der Waals surface area contributed by atoms with Gasteiger partial charge < -0.3 is 29.6 Å². The maximum absolute atomic E-state index is 13.0. The van der Waals surface area contributed by atoms with E-state index in [9.17, 15) is 19.7 Å². The molecule has 3 N–H and O–H groups in total. The highest BCUT2D eigenvalue weighted by molar-refractivity contribution is 7.45. The molecule has 2 aromatic carbocycles. The SMILES string of the molecule is C/C=C(/COP(Oc1ccc(CC(=O)NC(C)c2ccc(OCC3CCCCC3)c(C(N)=O)c2)cc1)N(C)CCCCCl)OC(C)[N+](=O)[O-].CC. The third kappa shape index (κ3) is 15.8. The molecule has 0 aliphatic heterocycles. The van der Waals surface area contributed by atoms with Crippen LogP contribution in [0.4, 0.5) is 0 Å². The Morgan fingerprint density at radius 3 is 2.41 bits per heavy atom. The minimum Gasteiger partial charge on any atom is -0.492 e. The van der Waals surface area contributed by atoms with Gasteiger partial charge >= 0.3 is 14.8 Å². The van der Waals surface area contributed by atoms with Gasteiger partial charge in [-0.3, -0.25) is 19.7 Å². The second-order valence-electron chi connectivity index (χ2n) is 12.2. The van der Waals surface area contributed by atoms with Gasteiger partial charge in [-0.25, -0.2) is 4.67 Å². The summed E-state index contributed by atoms with van der Waals surface area (Å²) in [5.74, 6) is 1.62. The molecule has 0 radical (unpaired) electrons. The summed E-state index contributed by atoms with van der Waals surface area (Å²) in [7, 11) is 0.280. The van der Waals surface area contributed by atoms with Gasteiger partial charge in [-0.15, -0.1) is 11.6 Å². The number of hydrogen-bond acceptors (Lipinski definition) is 9. The number of benzene rings is 2. The molecule has 0 bridgehead atoms. The van der Waals surface area contributed by atoms with Gasteiger partial charge in [-0.2, -0.15) is 0 Å². The van der Waals surface area contributed by atoms with Crippen molar-refractivity contribution in [1.29, 1.82) is 0 Å². The van der Waals surface area contributed by atoms with Crippen LogP contribution in [0, 0.1) is 16.0 Å². The molecule has 284 valence electrons. The second kappa shape index (κ2) is 23.9. The number of nitrogens with zero attached hydrogens (tertiary/aromatic N) is 2. The van der Waals surface area contributed by atoms with E-state index in [1.807, 2.05) is 50.7 Å². The molecule has 3 atom stereocenters. The fraction of sp³-hybridized carbons (Fsp3) is 0.568. The number of rotatable bonds is 21. The van der Waals surface area contributed by atoms with Crippen molar-refractivity contribution in [1.82, 2.24) is 9.99 Å². The van der Waals surface area contributed by atoms with Crippen LogP contribution >= 0.6 is 20.1 Å². The normalized spacial score (nSPS) is 15.2. The fourth-order valence-electron chi connectivity index (χ4n) is 5.29. The first-order chi connectivity index (χ1) is 24.5. The first-order valence-electron chi connectivity index (χ1n) is 17.8. The number of nitrogens with two attached hydrogens (primary N) is 1. The van der Waals surface area contributed by atoms with Gasteiger partial charge in [0.2, 0.25) is 5.91 Å². The molecule has 14 heteroatoms. The molecule has 3 unspecified atom stereocenters. The number of nitro groups is 1. The molecular formula is C37H56ClN4O8P. The Hall–Kier alpha value is -3.44. The maximum atomic E-state index is 13.0. The van der Waals surface area contributed by atoms with E-state index in [0.29, 0.717) is 47.8 Å². The topological polar surface area (TPSA) is 155 Å². The molecule has 0 heterocycles. The van der Waals surface area contributed by atoms with Crippen LogP contribution in [0.2, 0.25) is 0 Å². The van der Waals surface area contributed by atoms with Gasteiger partial charge in [-0.05, 0) is 94.0 Å². The smallest absolute Gasteiger partial charge is 0.350 e. The van der Waals surface area contributed by atoms with Gasteiger partial charge in [0.15, 0.2) is 0 Å². The Balaban J connectivity index is 0.00000442. The van der Waals surface area contributed by atoms with Gasteiger partial charge in [0.1, 0.15) is 23.9 Å². The number of carbonyl (C=O) groups is 2. The lowest BCUT2D eigenvalue weighted by Crippen LogP contribution is -2.28. The minimum absolute atomic E-state index is 0.00613. The molecule has 51 heavy (non-hydrogen) atoms. The molecule has 2 aromatic rings. The predicted molar refractivity (Wildman–Crippen MR) is 202 cm³/mol. The summed E-state index contributed by atoms with van der Waals surface area (Å²) in [6.45, 7) is 10.2. The number of unbranched alkanes of at least 4 members (excludes halogenated alkanes) is 1. The number of alkyl halides is 1. The molecule has 1 aliphatic carbocycles. The lowest BCUT2D eigenvalue weighted by atomic mass is 9.90. The Labute approximate surface area is 309 Å². The molecule has 3 rings (SSSR count). The summed E-state index contributed by atoms with van der Waals surface area (Å²) >= 11 is 5.85. The van der Waals surface area contributed by atoms with Crippen molar-refractivity contribution in [2.75, 3.05) is 32.7 Å². The first kappa shape index (κ1) is 43.7. The lowest BCUT2D eigenvalue weighted by molar-refractivity contribution is -0.566. The summed E-state index contributed by atoms with van der Waals surface area (Å²) in [5, 5.41) is 14.0. The molecule has 0 aromatic heterocycles. The van der Waals surface area contributed by atoms with Gasteiger partial charge in [0.25, 0.3) is 5.91 Å². The van der Waals surface area contributed by atoms with E-state index in [4.69, 9.17) is 35.9 Å². The molecule has 1 fully saturated rings. The highest BCUT2D eigenvalue weighted by Gasteiger charge is 2.23. The van der Waals surface area contributed by atoms with Gasteiger partial charge in [0.05, 0.1) is 29.6 Å². The van der Waals surface area contributed by atoms with E-state index in [1.165, 1.54) is 26.2 Å². The third-order valence-electron chi connectivity index (χ3n) is 8.22. The van der Waals surface area contributed by atoms with Crippen LogP contribution in [0.1, 0.15) is 107 Å². The summed E-state index contributed by atoms with van der Waals surface area (Å²) in [5.41, 5.74) is 7.52. The first-order valence-corrected chi connectivity index (χ1v) is 19.4. The van der Waals surface area contributed by atoms with Crippen LogP contribution < -0.4 is 20.3 Å². The quantitative estimate of drug-likeness (QED) is 0.0244. The number of allylic oxidation sites excluding steroid dienone is 1. The average molecular weight is 751 g/mol. The Morgan fingerprint density at radius 1 is 1.12 bits per heavy atom. The van der Waals surface area contributed by atoms with Crippen molar-refractivity contribution in [2.24, 2.45) is 11.7 Å². The third-order valence-corrected chi connectivity index (χ3v) is 9.96. The zero-order valence-corrected chi connectivity index (χ0v) is 32.5. The Kier molecular flexibility index (Phi) is 20.5. The van der Waals surface area contributed by atoms with Gasteiger partial charge in [0, 0.05) is 19.3 Å². The Bertz CT molecular complexity index is 1390. The van der Waals surface area contributed by atoms with E-state index >= 15 is 0 Å². The van der Waals surface area contributed by atoms with E-state index in [0.717, 1.165) is 36.8 Å².